The highest BCUT2D eigenvalue weighted by Gasteiger charge is 2.27. The van der Waals surface area contributed by atoms with Crippen molar-refractivity contribution in [2.75, 3.05) is 6.54 Å². The lowest BCUT2D eigenvalue weighted by Crippen LogP contribution is -2.32. The zero-order chi connectivity index (χ0) is 11.5. The molecule has 0 spiro atoms. The summed E-state index contributed by atoms with van der Waals surface area (Å²) in [6.07, 6.45) is 2.30. The molecular weight excluding hydrogens is 198 g/mol. The molecule has 1 saturated carbocycles. The first kappa shape index (κ1) is 11.6. The monoisotopic (exact) mass is 219 g/mol. The van der Waals surface area contributed by atoms with Crippen LogP contribution in [0.15, 0.2) is 24.3 Å². The highest BCUT2D eigenvalue weighted by molar-refractivity contribution is 5.27. The topological polar surface area (TPSA) is 32.3 Å². The highest BCUT2D eigenvalue weighted by Crippen LogP contribution is 2.32. The SMILES string of the molecule is Cc1ccccc1C(O)CNC(C)C1CC1. The summed E-state index contributed by atoms with van der Waals surface area (Å²) in [5.41, 5.74) is 2.20. The Kier molecular flexibility index (Phi) is 3.62. The van der Waals surface area contributed by atoms with E-state index in [-0.39, 0.29) is 6.10 Å². The van der Waals surface area contributed by atoms with E-state index >= 15 is 0 Å². The first-order valence-electron chi connectivity index (χ1n) is 6.15. The van der Waals surface area contributed by atoms with Crippen LogP contribution in [0.5, 0.6) is 0 Å². The fourth-order valence-electron chi connectivity index (χ4n) is 2.13. The molecule has 1 aliphatic carbocycles. The molecule has 2 atom stereocenters. The molecule has 0 radical (unpaired) electrons. The summed E-state index contributed by atoms with van der Waals surface area (Å²) in [4.78, 5) is 0. The quantitative estimate of drug-likeness (QED) is 0.797. The lowest BCUT2D eigenvalue weighted by molar-refractivity contribution is 0.168. The minimum absolute atomic E-state index is 0.387. The summed E-state index contributed by atoms with van der Waals surface area (Å²) >= 11 is 0. The Morgan fingerprint density at radius 2 is 2.06 bits per heavy atom. The van der Waals surface area contributed by atoms with Gasteiger partial charge in [-0.25, -0.2) is 0 Å². The van der Waals surface area contributed by atoms with Crippen LogP contribution < -0.4 is 5.32 Å². The first-order valence-corrected chi connectivity index (χ1v) is 6.15. The van der Waals surface area contributed by atoms with Gasteiger partial charge in [-0.15, -0.1) is 0 Å². The molecule has 1 aromatic rings. The Hall–Kier alpha value is -0.860. The van der Waals surface area contributed by atoms with Crippen molar-refractivity contribution in [2.45, 2.75) is 38.8 Å². The molecule has 0 amide bonds. The standard InChI is InChI=1S/C14H21NO/c1-10-5-3-4-6-13(10)14(16)9-15-11(2)12-7-8-12/h3-6,11-12,14-16H,7-9H2,1-2H3. The van der Waals surface area contributed by atoms with Crippen molar-refractivity contribution in [1.29, 1.82) is 0 Å². The van der Waals surface area contributed by atoms with Crippen molar-refractivity contribution >= 4 is 0 Å². The van der Waals surface area contributed by atoms with E-state index < -0.39 is 0 Å². The normalized spacial score (nSPS) is 19.4. The summed E-state index contributed by atoms with van der Waals surface area (Å²) in [6, 6.07) is 8.58. The maximum Gasteiger partial charge on any atom is 0.0917 e. The van der Waals surface area contributed by atoms with Crippen molar-refractivity contribution in [2.24, 2.45) is 5.92 Å². The molecule has 2 heteroatoms. The predicted molar refractivity (Wildman–Crippen MR) is 66.3 cm³/mol. The molecule has 0 aromatic heterocycles. The maximum absolute atomic E-state index is 10.1. The molecule has 0 aliphatic heterocycles. The van der Waals surface area contributed by atoms with Gasteiger partial charge in [0.1, 0.15) is 0 Å². The molecule has 0 bridgehead atoms. The Morgan fingerprint density at radius 3 is 2.69 bits per heavy atom. The summed E-state index contributed by atoms with van der Waals surface area (Å²) in [5.74, 6) is 0.837. The van der Waals surface area contributed by atoms with E-state index in [2.05, 4.69) is 12.2 Å². The summed E-state index contributed by atoms with van der Waals surface area (Å²) < 4.78 is 0. The third-order valence-electron chi connectivity index (χ3n) is 3.51. The van der Waals surface area contributed by atoms with E-state index in [1.165, 1.54) is 12.8 Å². The van der Waals surface area contributed by atoms with Gasteiger partial charge in [0.2, 0.25) is 0 Å². The van der Waals surface area contributed by atoms with Crippen LogP contribution >= 0.6 is 0 Å². The Bertz CT molecular complexity index is 346. The van der Waals surface area contributed by atoms with Gasteiger partial charge in [-0.2, -0.15) is 0 Å². The zero-order valence-corrected chi connectivity index (χ0v) is 10.1. The number of aliphatic hydroxyl groups excluding tert-OH is 1. The van der Waals surface area contributed by atoms with Crippen LogP contribution in [0.25, 0.3) is 0 Å². The van der Waals surface area contributed by atoms with Gasteiger partial charge in [-0.1, -0.05) is 24.3 Å². The molecule has 1 aromatic carbocycles. The lowest BCUT2D eigenvalue weighted by atomic mass is 10.0. The molecule has 2 nitrogen and oxygen atoms in total. The number of benzene rings is 1. The molecule has 2 rings (SSSR count). The average Bonchev–Trinajstić information content (AvgIpc) is 3.10. The fourth-order valence-corrected chi connectivity index (χ4v) is 2.13. The van der Waals surface area contributed by atoms with E-state index in [0.29, 0.717) is 12.6 Å². The predicted octanol–water partition coefficient (Wildman–Crippen LogP) is 2.42. The number of hydrogen-bond acceptors (Lipinski definition) is 2. The highest BCUT2D eigenvalue weighted by atomic mass is 16.3. The van der Waals surface area contributed by atoms with E-state index in [4.69, 9.17) is 0 Å². The summed E-state index contributed by atoms with van der Waals surface area (Å²) in [6.45, 7) is 4.91. The van der Waals surface area contributed by atoms with Crippen molar-refractivity contribution < 1.29 is 5.11 Å². The Balaban J connectivity index is 1.87. The number of aliphatic hydroxyl groups is 1. The van der Waals surface area contributed by atoms with Crippen LogP contribution in [0.4, 0.5) is 0 Å². The smallest absolute Gasteiger partial charge is 0.0917 e. The molecule has 1 fully saturated rings. The minimum Gasteiger partial charge on any atom is -0.387 e. The van der Waals surface area contributed by atoms with Gasteiger partial charge in [-0.05, 0) is 43.7 Å². The van der Waals surface area contributed by atoms with Crippen molar-refractivity contribution in [3.05, 3.63) is 35.4 Å². The zero-order valence-electron chi connectivity index (χ0n) is 10.1. The number of aryl methyl sites for hydroxylation is 1. The van der Waals surface area contributed by atoms with Gasteiger partial charge in [0, 0.05) is 12.6 Å². The minimum atomic E-state index is -0.387. The molecule has 1 aliphatic rings. The van der Waals surface area contributed by atoms with Crippen LogP contribution in [0.1, 0.15) is 37.0 Å². The van der Waals surface area contributed by atoms with Gasteiger partial charge in [0.05, 0.1) is 6.10 Å². The van der Waals surface area contributed by atoms with Crippen LogP contribution in [0.2, 0.25) is 0 Å². The molecule has 2 unspecified atom stereocenters. The third kappa shape index (κ3) is 2.83. The van der Waals surface area contributed by atoms with Crippen LogP contribution in [-0.4, -0.2) is 17.7 Å². The second-order valence-corrected chi connectivity index (χ2v) is 4.91. The largest absolute Gasteiger partial charge is 0.387 e. The van der Waals surface area contributed by atoms with Crippen LogP contribution in [-0.2, 0) is 0 Å². The van der Waals surface area contributed by atoms with E-state index in [0.717, 1.165) is 17.0 Å². The average molecular weight is 219 g/mol. The second kappa shape index (κ2) is 4.98. The Morgan fingerprint density at radius 1 is 1.38 bits per heavy atom. The van der Waals surface area contributed by atoms with Crippen molar-refractivity contribution in [3.63, 3.8) is 0 Å². The van der Waals surface area contributed by atoms with Crippen molar-refractivity contribution in [1.82, 2.24) is 5.32 Å². The van der Waals surface area contributed by atoms with E-state index in [1.807, 2.05) is 31.2 Å². The van der Waals surface area contributed by atoms with Crippen LogP contribution in [0, 0.1) is 12.8 Å². The number of nitrogens with one attached hydrogen (secondary N) is 1. The second-order valence-electron chi connectivity index (χ2n) is 4.91. The van der Waals surface area contributed by atoms with Gasteiger partial charge >= 0.3 is 0 Å². The lowest BCUT2D eigenvalue weighted by Gasteiger charge is -2.18. The molecule has 16 heavy (non-hydrogen) atoms. The maximum atomic E-state index is 10.1. The van der Waals surface area contributed by atoms with E-state index in [1.54, 1.807) is 0 Å². The molecule has 0 heterocycles. The van der Waals surface area contributed by atoms with Gasteiger partial charge in [-0.3, -0.25) is 0 Å². The fraction of sp³-hybridized carbons (Fsp3) is 0.571. The Labute approximate surface area is 97.7 Å². The van der Waals surface area contributed by atoms with Gasteiger partial charge in [0.15, 0.2) is 0 Å². The molecule has 88 valence electrons. The van der Waals surface area contributed by atoms with Crippen LogP contribution in [0.3, 0.4) is 0 Å². The molecule has 2 N–H and O–H groups in total. The summed E-state index contributed by atoms with van der Waals surface area (Å²) in [5, 5.41) is 13.5. The third-order valence-corrected chi connectivity index (χ3v) is 3.51. The molecular formula is C14H21NO. The van der Waals surface area contributed by atoms with Gasteiger partial charge in [0.25, 0.3) is 0 Å². The van der Waals surface area contributed by atoms with Gasteiger partial charge < -0.3 is 10.4 Å². The number of rotatable bonds is 5. The number of hydrogen-bond donors (Lipinski definition) is 2. The summed E-state index contributed by atoms with van der Waals surface area (Å²) in [7, 11) is 0. The van der Waals surface area contributed by atoms with Crippen molar-refractivity contribution in [3.8, 4) is 0 Å². The molecule has 0 saturated heterocycles. The van der Waals surface area contributed by atoms with E-state index in [9.17, 15) is 5.11 Å². The first-order chi connectivity index (χ1) is 7.68.